The molecule has 0 aromatic carbocycles. The Morgan fingerprint density at radius 2 is 2.00 bits per heavy atom. The predicted octanol–water partition coefficient (Wildman–Crippen LogP) is 1.71. The molecule has 1 fully saturated rings. The summed E-state index contributed by atoms with van der Waals surface area (Å²) in [5.74, 6) is 1.01. The summed E-state index contributed by atoms with van der Waals surface area (Å²) in [6.45, 7) is 9.35. The van der Waals surface area contributed by atoms with E-state index in [0.29, 0.717) is 12.1 Å². The minimum Gasteiger partial charge on any atom is -0.316 e. The molecule has 2 atom stereocenters. The molecule has 13 heavy (non-hydrogen) atoms. The molecule has 0 aromatic heterocycles. The van der Waals surface area contributed by atoms with Crippen LogP contribution < -0.4 is 5.32 Å². The summed E-state index contributed by atoms with van der Waals surface area (Å²) in [5.41, 5.74) is 0. The van der Waals surface area contributed by atoms with Crippen LogP contribution in [0.1, 0.15) is 33.6 Å². The van der Waals surface area contributed by atoms with E-state index in [1.807, 2.05) is 7.05 Å². The molecular formula is C11H24N2. The molecule has 0 saturated heterocycles. The zero-order valence-corrected chi connectivity index (χ0v) is 9.51. The molecule has 0 radical (unpaired) electrons. The van der Waals surface area contributed by atoms with E-state index in [1.165, 1.54) is 25.9 Å². The highest BCUT2D eigenvalue weighted by Gasteiger charge is 2.27. The fourth-order valence-corrected chi connectivity index (χ4v) is 1.77. The van der Waals surface area contributed by atoms with E-state index in [2.05, 4.69) is 31.0 Å². The second kappa shape index (κ2) is 4.97. The van der Waals surface area contributed by atoms with Crippen LogP contribution in [-0.4, -0.2) is 37.1 Å². The van der Waals surface area contributed by atoms with Gasteiger partial charge in [-0.25, -0.2) is 0 Å². The van der Waals surface area contributed by atoms with Crippen molar-refractivity contribution in [3.8, 4) is 0 Å². The van der Waals surface area contributed by atoms with Gasteiger partial charge in [0.05, 0.1) is 0 Å². The monoisotopic (exact) mass is 184 g/mol. The first-order valence-electron chi connectivity index (χ1n) is 5.60. The zero-order valence-electron chi connectivity index (χ0n) is 9.51. The van der Waals surface area contributed by atoms with Crippen molar-refractivity contribution < 1.29 is 0 Å². The number of hydrogen-bond donors (Lipinski definition) is 1. The lowest BCUT2D eigenvalue weighted by molar-refractivity contribution is 0.179. The third-order valence-electron chi connectivity index (χ3n) is 3.35. The Bertz CT molecular complexity index is 143. The van der Waals surface area contributed by atoms with E-state index in [9.17, 15) is 0 Å². The van der Waals surface area contributed by atoms with E-state index in [-0.39, 0.29) is 0 Å². The molecule has 0 amide bonds. The van der Waals surface area contributed by atoms with Crippen molar-refractivity contribution in [1.29, 1.82) is 0 Å². The maximum atomic E-state index is 3.33. The lowest BCUT2D eigenvalue weighted by Crippen LogP contribution is -2.46. The SMILES string of the molecule is CCN(CC1CC1)C(C)C(C)NC. The summed E-state index contributed by atoms with van der Waals surface area (Å²) in [5, 5.41) is 3.33. The minimum absolute atomic E-state index is 0.596. The van der Waals surface area contributed by atoms with Crippen LogP contribution in [0.3, 0.4) is 0 Å². The fraction of sp³-hybridized carbons (Fsp3) is 1.00. The summed E-state index contributed by atoms with van der Waals surface area (Å²) >= 11 is 0. The number of nitrogens with one attached hydrogen (secondary N) is 1. The van der Waals surface area contributed by atoms with Gasteiger partial charge in [0.15, 0.2) is 0 Å². The molecule has 0 spiro atoms. The van der Waals surface area contributed by atoms with E-state index in [1.54, 1.807) is 0 Å². The van der Waals surface area contributed by atoms with Gasteiger partial charge < -0.3 is 5.32 Å². The second-order valence-corrected chi connectivity index (χ2v) is 4.35. The molecule has 1 aliphatic rings. The van der Waals surface area contributed by atoms with Gasteiger partial charge in [-0.2, -0.15) is 0 Å². The standard InChI is InChI=1S/C11H24N2/c1-5-13(8-11-6-7-11)10(3)9(2)12-4/h9-12H,5-8H2,1-4H3. The van der Waals surface area contributed by atoms with Gasteiger partial charge in [-0.05, 0) is 46.2 Å². The molecule has 1 rings (SSSR count). The minimum atomic E-state index is 0.596. The van der Waals surface area contributed by atoms with Crippen LogP contribution >= 0.6 is 0 Å². The first kappa shape index (κ1) is 11.0. The molecule has 2 nitrogen and oxygen atoms in total. The van der Waals surface area contributed by atoms with Crippen molar-refractivity contribution in [2.45, 2.75) is 45.7 Å². The maximum Gasteiger partial charge on any atom is 0.0218 e. The maximum absolute atomic E-state index is 3.33. The summed E-state index contributed by atoms with van der Waals surface area (Å²) in [6.07, 6.45) is 2.91. The first-order chi connectivity index (χ1) is 6.19. The summed E-state index contributed by atoms with van der Waals surface area (Å²) < 4.78 is 0. The third-order valence-corrected chi connectivity index (χ3v) is 3.35. The Balaban J connectivity index is 2.33. The smallest absolute Gasteiger partial charge is 0.0218 e. The molecule has 1 saturated carbocycles. The van der Waals surface area contributed by atoms with Gasteiger partial charge in [-0.15, -0.1) is 0 Å². The van der Waals surface area contributed by atoms with Gasteiger partial charge in [0.2, 0.25) is 0 Å². The topological polar surface area (TPSA) is 15.3 Å². The molecule has 0 heterocycles. The molecule has 0 aromatic rings. The Labute approximate surface area is 82.7 Å². The van der Waals surface area contributed by atoms with Gasteiger partial charge >= 0.3 is 0 Å². The third kappa shape index (κ3) is 3.28. The van der Waals surface area contributed by atoms with E-state index in [0.717, 1.165) is 5.92 Å². The lowest BCUT2D eigenvalue weighted by Gasteiger charge is -2.32. The summed E-state index contributed by atoms with van der Waals surface area (Å²) in [7, 11) is 2.05. The number of rotatable bonds is 6. The van der Waals surface area contributed by atoms with Crippen molar-refractivity contribution in [3.05, 3.63) is 0 Å². The normalized spacial score (nSPS) is 21.9. The van der Waals surface area contributed by atoms with Crippen molar-refractivity contribution in [3.63, 3.8) is 0 Å². The van der Waals surface area contributed by atoms with Crippen LogP contribution in [0.25, 0.3) is 0 Å². The van der Waals surface area contributed by atoms with Crippen molar-refractivity contribution >= 4 is 0 Å². The molecule has 1 N–H and O–H groups in total. The van der Waals surface area contributed by atoms with Crippen LogP contribution in [0, 0.1) is 5.92 Å². The first-order valence-corrected chi connectivity index (χ1v) is 5.60. The van der Waals surface area contributed by atoms with Crippen LogP contribution in [0.4, 0.5) is 0 Å². The molecular weight excluding hydrogens is 160 g/mol. The predicted molar refractivity (Wildman–Crippen MR) is 58.0 cm³/mol. The number of nitrogens with zero attached hydrogens (tertiary/aromatic N) is 1. The summed E-state index contributed by atoms with van der Waals surface area (Å²) in [6, 6.07) is 1.26. The zero-order chi connectivity index (χ0) is 9.84. The van der Waals surface area contributed by atoms with Gasteiger partial charge in [0.25, 0.3) is 0 Å². The van der Waals surface area contributed by atoms with Gasteiger partial charge in [0.1, 0.15) is 0 Å². The van der Waals surface area contributed by atoms with E-state index < -0.39 is 0 Å². The van der Waals surface area contributed by atoms with Crippen LogP contribution in [0.15, 0.2) is 0 Å². The molecule has 2 heteroatoms. The second-order valence-electron chi connectivity index (χ2n) is 4.35. The van der Waals surface area contributed by atoms with Crippen molar-refractivity contribution in [2.24, 2.45) is 5.92 Å². The van der Waals surface area contributed by atoms with E-state index >= 15 is 0 Å². The Kier molecular flexibility index (Phi) is 4.20. The van der Waals surface area contributed by atoms with Crippen molar-refractivity contribution in [2.75, 3.05) is 20.1 Å². The van der Waals surface area contributed by atoms with Crippen LogP contribution in [0.2, 0.25) is 0 Å². The Morgan fingerprint density at radius 3 is 2.38 bits per heavy atom. The highest BCUT2D eigenvalue weighted by molar-refractivity contribution is 4.82. The largest absolute Gasteiger partial charge is 0.316 e. The molecule has 0 bridgehead atoms. The Hall–Kier alpha value is -0.0800. The van der Waals surface area contributed by atoms with E-state index in [4.69, 9.17) is 0 Å². The molecule has 2 unspecified atom stereocenters. The summed E-state index contributed by atoms with van der Waals surface area (Å²) in [4.78, 5) is 2.60. The van der Waals surface area contributed by atoms with Gasteiger partial charge in [-0.3, -0.25) is 4.90 Å². The molecule has 78 valence electrons. The molecule has 1 aliphatic carbocycles. The fourth-order valence-electron chi connectivity index (χ4n) is 1.77. The Morgan fingerprint density at radius 1 is 1.38 bits per heavy atom. The highest BCUT2D eigenvalue weighted by Crippen LogP contribution is 2.30. The van der Waals surface area contributed by atoms with Crippen LogP contribution in [0.5, 0.6) is 0 Å². The molecule has 0 aliphatic heterocycles. The van der Waals surface area contributed by atoms with Crippen LogP contribution in [-0.2, 0) is 0 Å². The average Bonchev–Trinajstić information content (AvgIpc) is 2.95. The van der Waals surface area contributed by atoms with Crippen molar-refractivity contribution in [1.82, 2.24) is 10.2 Å². The number of hydrogen-bond acceptors (Lipinski definition) is 2. The number of likely N-dealkylation sites (N-methyl/N-ethyl adjacent to an activating group) is 2. The van der Waals surface area contributed by atoms with Gasteiger partial charge in [0, 0.05) is 18.6 Å². The average molecular weight is 184 g/mol. The van der Waals surface area contributed by atoms with Gasteiger partial charge in [-0.1, -0.05) is 6.92 Å². The highest BCUT2D eigenvalue weighted by atomic mass is 15.2. The lowest BCUT2D eigenvalue weighted by atomic mass is 10.1. The quantitative estimate of drug-likeness (QED) is 0.676.